The number of Topliss-reactive ketones (excluding diaryl/α,β-unsaturated/α-hetero) is 1. The largest absolute Gasteiger partial charge is 0.322 e. The van der Waals surface area contributed by atoms with Crippen LogP contribution in [0.4, 0.5) is 4.39 Å². The van der Waals surface area contributed by atoms with E-state index in [0.717, 1.165) is 0 Å². The molecule has 0 bridgehead atoms. The van der Waals surface area contributed by atoms with Crippen LogP contribution < -0.4 is 5.73 Å². The van der Waals surface area contributed by atoms with Gasteiger partial charge in [-0.3, -0.25) is 4.79 Å². The zero-order valence-electron chi connectivity index (χ0n) is 7.36. The first-order chi connectivity index (χ1) is 4.83. The number of alkyl halides is 1. The topological polar surface area (TPSA) is 43.1 Å². The van der Waals surface area contributed by atoms with Crippen LogP contribution >= 0.6 is 0 Å². The van der Waals surface area contributed by atoms with E-state index in [0.29, 0.717) is 12.8 Å². The van der Waals surface area contributed by atoms with Crippen molar-refractivity contribution < 1.29 is 9.18 Å². The Balaban J connectivity index is 3.63. The van der Waals surface area contributed by atoms with Crippen LogP contribution in [0.15, 0.2) is 0 Å². The predicted molar refractivity (Wildman–Crippen MR) is 43.1 cm³/mol. The molecular weight excluding hydrogens is 144 g/mol. The highest BCUT2D eigenvalue weighted by Crippen LogP contribution is 2.16. The predicted octanol–water partition coefficient (Wildman–Crippen LogP) is 1.43. The minimum absolute atomic E-state index is 0.0748. The molecule has 2 nitrogen and oxygen atoms in total. The summed E-state index contributed by atoms with van der Waals surface area (Å²) in [6, 6.07) is -0.495. The molecule has 11 heavy (non-hydrogen) atoms. The highest BCUT2D eigenvalue weighted by atomic mass is 18.2. The molecule has 1 atom stereocenters. The molecule has 0 fully saturated rings. The first kappa shape index (κ1) is 10.6. The summed E-state index contributed by atoms with van der Waals surface area (Å²) >= 11 is 0. The van der Waals surface area contributed by atoms with E-state index < -0.39 is 11.7 Å². The molecule has 2 N–H and O–H groups in total. The Hall–Kier alpha value is -0.440. The molecule has 0 aliphatic heterocycles. The van der Waals surface area contributed by atoms with Crippen molar-refractivity contribution in [1.82, 2.24) is 0 Å². The summed E-state index contributed by atoms with van der Waals surface area (Å²) in [4.78, 5) is 10.6. The molecule has 3 heteroatoms. The molecule has 0 saturated carbocycles. The van der Waals surface area contributed by atoms with Crippen molar-refractivity contribution >= 4 is 5.78 Å². The van der Waals surface area contributed by atoms with Crippen LogP contribution in [0.2, 0.25) is 0 Å². The van der Waals surface area contributed by atoms with Gasteiger partial charge in [0.2, 0.25) is 0 Å². The quantitative estimate of drug-likeness (QED) is 0.676. The zero-order chi connectivity index (χ0) is 9.07. The summed E-state index contributed by atoms with van der Waals surface area (Å²) in [5.41, 5.74) is 4.19. The zero-order valence-corrected chi connectivity index (χ0v) is 7.36. The van der Waals surface area contributed by atoms with Gasteiger partial charge in [0.15, 0.2) is 0 Å². The average Bonchev–Trinajstić information content (AvgIpc) is 1.80. The number of rotatable bonds is 4. The fraction of sp³-hybridized carbons (Fsp3) is 0.875. The summed E-state index contributed by atoms with van der Waals surface area (Å²) in [6.07, 6.45) is 0.770. The minimum atomic E-state index is -1.22. The number of carbonyl (C=O) groups excluding carboxylic acids is 1. The van der Waals surface area contributed by atoms with E-state index in [1.807, 2.05) is 0 Å². The summed E-state index contributed by atoms with van der Waals surface area (Å²) in [5.74, 6) is -0.0748. The van der Waals surface area contributed by atoms with E-state index in [1.54, 1.807) is 0 Å². The number of hydrogen-bond donors (Lipinski definition) is 1. The smallest absolute Gasteiger partial charge is 0.146 e. The molecule has 0 amide bonds. The van der Waals surface area contributed by atoms with Crippen molar-refractivity contribution in [3.63, 3.8) is 0 Å². The van der Waals surface area contributed by atoms with E-state index in [-0.39, 0.29) is 5.78 Å². The van der Waals surface area contributed by atoms with Crippen molar-refractivity contribution in [1.29, 1.82) is 0 Å². The van der Waals surface area contributed by atoms with Gasteiger partial charge in [0.05, 0.1) is 6.04 Å². The minimum Gasteiger partial charge on any atom is -0.322 e. The Morgan fingerprint density at radius 2 is 2.09 bits per heavy atom. The second-order valence-electron chi connectivity index (χ2n) is 3.47. The lowest BCUT2D eigenvalue weighted by Gasteiger charge is -2.15. The highest BCUT2D eigenvalue weighted by molar-refractivity contribution is 5.81. The van der Waals surface area contributed by atoms with Gasteiger partial charge in [-0.2, -0.15) is 0 Å². The number of ketones is 1. The van der Waals surface area contributed by atoms with Crippen molar-refractivity contribution in [2.45, 2.75) is 45.3 Å². The Morgan fingerprint density at radius 1 is 1.64 bits per heavy atom. The monoisotopic (exact) mass is 160 g/mol. The SMILES string of the molecule is CC(=O)[C@@H](N)CCC(C)(C)[18F]. The molecule has 0 aliphatic rings. The second kappa shape index (κ2) is 3.81. The molecular formula is C8H16FNO. The number of nitrogens with two attached hydrogens (primary N) is 1. The van der Waals surface area contributed by atoms with Gasteiger partial charge in [-0.25, -0.2) is 4.39 Å². The molecule has 0 unspecified atom stereocenters. The van der Waals surface area contributed by atoms with Crippen molar-refractivity contribution in [3.8, 4) is 0 Å². The Kier molecular flexibility index (Phi) is 3.66. The van der Waals surface area contributed by atoms with Gasteiger partial charge in [-0.1, -0.05) is 0 Å². The highest BCUT2D eigenvalue weighted by Gasteiger charge is 2.18. The lowest BCUT2D eigenvalue weighted by atomic mass is 9.99. The molecule has 0 aromatic heterocycles. The first-order valence-electron chi connectivity index (χ1n) is 3.78. The van der Waals surface area contributed by atoms with E-state index in [9.17, 15) is 9.18 Å². The fourth-order valence-electron chi connectivity index (χ4n) is 0.702. The Bertz CT molecular complexity index is 140. The molecule has 0 heterocycles. The van der Waals surface area contributed by atoms with Crippen molar-refractivity contribution in [2.75, 3.05) is 0 Å². The summed E-state index contributed by atoms with van der Waals surface area (Å²) in [7, 11) is 0. The molecule has 0 saturated heterocycles. The van der Waals surface area contributed by atoms with E-state index in [4.69, 9.17) is 5.73 Å². The van der Waals surface area contributed by atoms with E-state index in [2.05, 4.69) is 0 Å². The van der Waals surface area contributed by atoms with Crippen LogP contribution in [0.5, 0.6) is 0 Å². The number of carbonyl (C=O) groups is 1. The van der Waals surface area contributed by atoms with Gasteiger partial charge >= 0.3 is 0 Å². The standard InChI is InChI=1S/C8H16FNO/c1-6(11)7(10)4-5-8(2,3)9/h7H,4-5,10H2,1-3H3/t7-/m0/s1/i9-1. The maximum absolute atomic E-state index is 12.8. The van der Waals surface area contributed by atoms with Crippen LogP contribution in [0.25, 0.3) is 0 Å². The van der Waals surface area contributed by atoms with Crippen LogP contribution in [0.3, 0.4) is 0 Å². The molecule has 0 radical (unpaired) electrons. The van der Waals surface area contributed by atoms with Gasteiger partial charge in [-0.15, -0.1) is 0 Å². The van der Waals surface area contributed by atoms with Crippen molar-refractivity contribution in [3.05, 3.63) is 0 Å². The van der Waals surface area contributed by atoms with Crippen LogP contribution in [0, 0.1) is 0 Å². The van der Waals surface area contributed by atoms with Gasteiger partial charge in [0, 0.05) is 0 Å². The number of hydrogen-bond acceptors (Lipinski definition) is 2. The third kappa shape index (κ3) is 5.98. The maximum Gasteiger partial charge on any atom is 0.146 e. The maximum atomic E-state index is 12.8. The molecule has 66 valence electrons. The average molecular weight is 160 g/mol. The fourth-order valence-corrected chi connectivity index (χ4v) is 0.702. The van der Waals surface area contributed by atoms with Gasteiger partial charge < -0.3 is 5.73 Å². The van der Waals surface area contributed by atoms with Crippen LogP contribution in [-0.4, -0.2) is 17.5 Å². The summed E-state index contributed by atoms with van der Waals surface area (Å²) in [5, 5.41) is 0. The third-order valence-corrected chi connectivity index (χ3v) is 1.57. The van der Waals surface area contributed by atoms with Gasteiger partial charge in [0.1, 0.15) is 11.5 Å². The first-order valence-corrected chi connectivity index (χ1v) is 3.78. The Morgan fingerprint density at radius 3 is 2.36 bits per heavy atom. The number of halogens is 1. The van der Waals surface area contributed by atoms with Gasteiger partial charge in [0.25, 0.3) is 0 Å². The lowest BCUT2D eigenvalue weighted by molar-refractivity contribution is -0.118. The van der Waals surface area contributed by atoms with Crippen LogP contribution in [-0.2, 0) is 4.79 Å². The molecule has 0 aromatic rings. The lowest BCUT2D eigenvalue weighted by Crippen LogP contribution is -2.30. The second-order valence-corrected chi connectivity index (χ2v) is 3.47. The van der Waals surface area contributed by atoms with Crippen molar-refractivity contribution in [2.24, 2.45) is 5.73 Å². The van der Waals surface area contributed by atoms with E-state index in [1.165, 1.54) is 20.8 Å². The molecule has 0 aromatic carbocycles. The Labute approximate surface area is 67.0 Å². The van der Waals surface area contributed by atoms with E-state index >= 15 is 0 Å². The summed E-state index contributed by atoms with van der Waals surface area (Å²) < 4.78 is 12.8. The normalized spacial score (nSPS) is 14.6. The molecule has 0 aliphatic carbocycles. The van der Waals surface area contributed by atoms with Gasteiger partial charge in [-0.05, 0) is 33.6 Å². The molecule has 0 rings (SSSR count). The summed E-state index contributed by atoms with van der Waals surface area (Å²) in [6.45, 7) is 4.40. The van der Waals surface area contributed by atoms with Crippen LogP contribution in [0.1, 0.15) is 33.6 Å². The third-order valence-electron chi connectivity index (χ3n) is 1.57. The molecule has 0 spiro atoms.